The van der Waals surface area contributed by atoms with Crippen LogP contribution in [0.15, 0.2) is 12.5 Å². The average molecular weight is 239 g/mol. The van der Waals surface area contributed by atoms with Crippen molar-refractivity contribution in [3.8, 4) is 0 Å². The van der Waals surface area contributed by atoms with E-state index in [1.807, 2.05) is 24.3 Å². The van der Waals surface area contributed by atoms with Gasteiger partial charge in [-0.1, -0.05) is 6.92 Å². The first-order valence-corrected chi connectivity index (χ1v) is 7.28. The van der Waals surface area contributed by atoms with Crippen LogP contribution in [0.2, 0.25) is 0 Å². The fraction of sp³-hybridized carbons (Fsp3) is 0.750. The second kappa shape index (κ2) is 5.73. The van der Waals surface area contributed by atoms with Crippen LogP contribution in [0.5, 0.6) is 0 Å². The molecule has 0 radical (unpaired) electrons. The Balaban J connectivity index is 1.93. The molecule has 0 spiro atoms. The van der Waals surface area contributed by atoms with Gasteiger partial charge in [-0.2, -0.15) is 11.8 Å². The lowest BCUT2D eigenvalue weighted by Gasteiger charge is -2.29. The molecule has 1 unspecified atom stereocenters. The molecule has 1 aromatic rings. The van der Waals surface area contributed by atoms with Crippen molar-refractivity contribution in [3.63, 3.8) is 0 Å². The van der Waals surface area contributed by atoms with Crippen molar-refractivity contribution in [3.05, 3.63) is 18.2 Å². The van der Waals surface area contributed by atoms with Gasteiger partial charge in [0.05, 0.1) is 6.33 Å². The molecular formula is C12H21N3S. The smallest absolute Gasteiger partial charge is 0.0950 e. The molecule has 1 aromatic heterocycles. The molecule has 0 amide bonds. The predicted molar refractivity (Wildman–Crippen MR) is 70.2 cm³/mol. The molecule has 3 nitrogen and oxygen atoms in total. The lowest BCUT2D eigenvalue weighted by molar-refractivity contribution is 0.405. The Bertz CT molecular complexity index is 320. The summed E-state index contributed by atoms with van der Waals surface area (Å²) in [5.41, 5.74) is 1.41. The van der Waals surface area contributed by atoms with Crippen molar-refractivity contribution in [1.29, 1.82) is 0 Å². The number of nitrogens with one attached hydrogen (secondary N) is 1. The summed E-state index contributed by atoms with van der Waals surface area (Å²) >= 11 is 2.02. The number of hydrogen-bond donors (Lipinski definition) is 1. The first-order valence-electron chi connectivity index (χ1n) is 6.13. The van der Waals surface area contributed by atoms with Gasteiger partial charge in [0, 0.05) is 36.9 Å². The molecule has 1 N–H and O–H groups in total. The topological polar surface area (TPSA) is 29.9 Å². The maximum atomic E-state index is 4.30. The highest BCUT2D eigenvalue weighted by Gasteiger charge is 2.23. The van der Waals surface area contributed by atoms with E-state index in [0.717, 1.165) is 13.1 Å². The maximum Gasteiger partial charge on any atom is 0.0950 e. The number of nitrogens with zero attached hydrogens (tertiary/aromatic N) is 2. The average Bonchev–Trinajstić information content (AvgIpc) is 2.64. The third-order valence-electron chi connectivity index (χ3n) is 3.25. The first kappa shape index (κ1) is 12.0. The molecule has 16 heavy (non-hydrogen) atoms. The molecular weight excluding hydrogens is 218 g/mol. The van der Waals surface area contributed by atoms with Gasteiger partial charge < -0.3 is 9.88 Å². The first-order chi connectivity index (χ1) is 7.83. The standard InChI is InChI=1S/C12H21N3S/c1-3-16-5-4-10(2)15-9-14-8-12(15)11-6-13-7-11/h8-11,13H,3-7H2,1-2H3. The van der Waals surface area contributed by atoms with E-state index in [1.165, 1.54) is 23.6 Å². The molecule has 2 rings (SSSR count). The molecule has 4 heteroatoms. The molecule has 1 atom stereocenters. The minimum Gasteiger partial charge on any atom is -0.331 e. The Morgan fingerprint density at radius 1 is 1.62 bits per heavy atom. The van der Waals surface area contributed by atoms with Crippen molar-refractivity contribution in [2.75, 3.05) is 24.6 Å². The summed E-state index contributed by atoms with van der Waals surface area (Å²) in [6.45, 7) is 6.75. The van der Waals surface area contributed by atoms with E-state index >= 15 is 0 Å². The number of aromatic nitrogens is 2. The minimum absolute atomic E-state index is 0.581. The predicted octanol–water partition coefficient (Wildman–Crippen LogP) is 2.27. The molecule has 1 aliphatic heterocycles. The molecule has 0 aliphatic carbocycles. The Morgan fingerprint density at radius 3 is 3.06 bits per heavy atom. The van der Waals surface area contributed by atoms with Crippen LogP contribution in [0.3, 0.4) is 0 Å². The largest absolute Gasteiger partial charge is 0.331 e. The van der Waals surface area contributed by atoms with Gasteiger partial charge in [0.2, 0.25) is 0 Å². The van der Waals surface area contributed by atoms with Gasteiger partial charge in [-0.15, -0.1) is 0 Å². The van der Waals surface area contributed by atoms with Crippen molar-refractivity contribution in [1.82, 2.24) is 14.9 Å². The third-order valence-corrected chi connectivity index (χ3v) is 4.19. The normalized spacial score (nSPS) is 18.4. The summed E-state index contributed by atoms with van der Waals surface area (Å²) in [6, 6.07) is 0.581. The van der Waals surface area contributed by atoms with Crippen LogP contribution < -0.4 is 5.32 Å². The summed E-state index contributed by atoms with van der Waals surface area (Å²) in [4.78, 5) is 4.30. The second-order valence-electron chi connectivity index (χ2n) is 4.42. The Morgan fingerprint density at radius 2 is 2.44 bits per heavy atom. The lowest BCUT2D eigenvalue weighted by Crippen LogP contribution is -2.41. The van der Waals surface area contributed by atoms with E-state index in [4.69, 9.17) is 0 Å². The monoisotopic (exact) mass is 239 g/mol. The van der Waals surface area contributed by atoms with E-state index < -0.39 is 0 Å². The maximum absolute atomic E-state index is 4.30. The van der Waals surface area contributed by atoms with Gasteiger partial charge in [-0.25, -0.2) is 4.98 Å². The summed E-state index contributed by atoms with van der Waals surface area (Å²) in [6.07, 6.45) is 5.27. The van der Waals surface area contributed by atoms with Crippen LogP contribution in [0.1, 0.15) is 37.9 Å². The molecule has 0 bridgehead atoms. The minimum atomic E-state index is 0.581. The van der Waals surface area contributed by atoms with Crippen LogP contribution in [0.4, 0.5) is 0 Å². The van der Waals surface area contributed by atoms with Crippen LogP contribution >= 0.6 is 11.8 Å². The van der Waals surface area contributed by atoms with E-state index in [-0.39, 0.29) is 0 Å². The van der Waals surface area contributed by atoms with E-state index in [2.05, 4.69) is 28.7 Å². The van der Waals surface area contributed by atoms with E-state index in [1.54, 1.807) is 0 Å². The van der Waals surface area contributed by atoms with Gasteiger partial charge in [-0.3, -0.25) is 0 Å². The van der Waals surface area contributed by atoms with Crippen molar-refractivity contribution in [2.45, 2.75) is 32.2 Å². The summed E-state index contributed by atoms with van der Waals surface area (Å²) in [7, 11) is 0. The van der Waals surface area contributed by atoms with Crippen LogP contribution in [0.25, 0.3) is 0 Å². The van der Waals surface area contributed by atoms with Crippen molar-refractivity contribution >= 4 is 11.8 Å². The molecule has 90 valence electrons. The van der Waals surface area contributed by atoms with Gasteiger partial charge in [-0.05, 0) is 24.9 Å². The zero-order valence-electron chi connectivity index (χ0n) is 10.1. The number of rotatable bonds is 6. The highest BCUT2D eigenvalue weighted by Crippen LogP contribution is 2.24. The molecule has 0 aromatic carbocycles. The van der Waals surface area contributed by atoms with Crippen molar-refractivity contribution in [2.24, 2.45) is 0 Å². The quantitative estimate of drug-likeness (QED) is 0.772. The highest BCUT2D eigenvalue weighted by molar-refractivity contribution is 7.99. The van der Waals surface area contributed by atoms with Crippen molar-refractivity contribution < 1.29 is 0 Å². The Labute approximate surface area is 102 Å². The molecule has 0 saturated carbocycles. The molecule has 1 fully saturated rings. The zero-order chi connectivity index (χ0) is 11.4. The number of imidazole rings is 1. The number of hydrogen-bond acceptors (Lipinski definition) is 3. The van der Waals surface area contributed by atoms with Gasteiger partial charge >= 0.3 is 0 Å². The fourth-order valence-electron chi connectivity index (χ4n) is 2.03. The molecule has 2 heterocycles. The fourth-order valence-corrected chi connectivity index (χ4v) is 2.83. The van der Waals surface area contributed by atoms with Crippen LogP contribution in [-0.4, -0.2) is 34.1 Å². The van der Waals surface area contributed by atoms with Crippen LogP contribution in [-0.2, 0) is 0 Å². The molecule has 1 aliphatic rings. The van der Waals surface area contributed by atoms with Crippen LogP contribution in [0, 0.1) is 0 Å². The van der Waals surface area contributed by atoms with Gasteiger partial charge in [0.15, 0.2) is 0 Å². The molecule has 1 saturated heterocycles. The van der Waals surface area contributed by atoms with Gasteiger partial charge in [0.1, 0.15) is 0 Å². The van der Waals surface area contributed by atoms with E-state index in [9.17, 15) is 0 Å². The highest BCUT2D eigenvalue weighted by atomic mass is 32.2. The Hall–Kier alpha value is -0.480. The zero-order valence-corrected chi connectivity index (χ0v) is 11.0. The second-order valence-corrected chi connectivity index (χ2v) is 5.81. The Kier molecular flexibility index (Phi) is 4.29. The summed E-state index contributed by atoms with van der Waals surface area (Å²) in [5.74, 6) is 3.15. The van der Waals surface area contributed by atoms with E-state index in [0.29, 0.717) is 12.0 Å². The van der Waals surface area contributed by atoms with Gasteiger partial charge in [0.25, 0.3) is 0 Å². The summed E-state index contributed by atoms with van der Waals surface area (Å²) < 4.78 is 2.36. The summed E-state index contributed by atoms with van der Waals surface area (Å²) in [5, 5.41) is 3.32. The lowest BCUT2D eigenvalue weighted by atomic mass is 9.99. The number of thioether (sulfide) groups is 1. The SMILES string of the molecule is CCSCCC(C)n1cncc1C1CNC1. The third kappa shape index (κ3) is 2.61.